The third-order valence-electron chi connectivity index (χ3n) is 7.22. The second-order valence-electron chi connectivity index (χ2n) is 9.64. The molecule has 35 heavy (non-hydrogen) atoms. The molecule has 1 aromatic rings. The third-order valence-corrected chi connectivity index (χ3v) is 8.59. The van der Waals surface area contributed by atoms with Gasteiger partial charge in [-0.15, -0.1) is 0 Å². The zero-order valence-corrected chi connectivity index (χ0v) is 20.1. The van der Waals surface area contributed by atoms with Gasteiger partial charge in [-0.25, -0.2) is 32.3 Å². The lowest BCUT2D eigenvalue weighted by atomic mass is 9.86. The molecule has 9 nitrogen and oxygen atoms in total. The van der Waals surface area contributed by atoms with Gasteiger partial charge in [-0.2, -0.15) is 13.2 Å². The Hall–Kier alpha value is -2.06. The topological polar surface area (TPSA) is 111 Å². The van der Waals surface area contributed by atoms with Gasteiger partial charge < -0.3 is 9.47 Å². The van der Waals surface area contributed by atoms with E-state index in [2.05, 4.69) is 14.7 Å². The molecule has 2 heterocycles. The Bertz CT molecular complexity index is 1040. The highest BCUT2D eigenvalue weighted by atomic mass is 32.2. The number of rotatable bonds is 7. The first-order valence-electron chi connectivity index (χ1n) is 11.4. The van der Waals surface area contributed by atoms with E-state index >= 15 is 0 Å². The molecule has 6 atom stereocenters. The van der Waals surface area contributed by atoms with Crippen LogP contribution in [0.5, 0.6) is 0 Å². The number of methoxy groups -OCH3 is 1. The summed E-state index contributed by atoms with van der Waals surface area (Å²) in [6.07, 6.45) is -0.426. The van der Waals surface area contributed by atoms with Crippen molar-refractivity contribution in [2.45, 2.75) is 74.8 Å². The molecule has 2 saturated carbocycles. The normalized spacial score (nSPS) is 32.9. The predicted molar refractivity (Wildman–Crippen MR) is 114 cm³/mol. The van der Waals surface area contributed by atoms with Crippen molar-refractivity contribution in [1.82, 2.24) is 19.6 Å². The van der Waals surface area contributed by atoms with Crippen LogP contribution in [-0.4, -0.2) is 79.3 Å². The number of amides is 1. The zero-order valence-electron chi connectivity index (χ0n) is 19.3. The van der Waals surface area contributed by atoms with Gasteiger partial charge in [-0.1, -0.05) is 0 Å². The average Bonchev–Trinajstić information content (AvgIpc) is 3.41. The molecule has 14 heteroatoms. The molecule has 4 rings (SSSR count). The van der Waals surface area contributed by atoms with Gasteiger partial charge in [-0.3, -0.25) is 4.90 Å². The summed E-state index contributed by atoms with van der Waals surface area (Å²) in [6, 6.07) is -2.24. The van der Waals surface area contributed by atoms with Gasteiger partial charge in [-0.05, 0) is 44.9 Å². The van der Waals surface area contributed by atoms with Crippen molar-refractivity contribution in [3.8, 4) is 0 Å². The number of alkyl halides is 3. The van der Waals surface area contributed by atoms with Crippen LogP contribution in [0.2, 0.25) is 0 Å². The summed E-state index contributed by atoms with van der Waals surface area (Å²) in [4.78, 5) is 21.9. The minimum atomic E-state index is -4.89. The van der Waals surface area contributed by atoms with E-state index in [0.29, 0.717) is 18.7 Å². The molecule has 0 bridgehead atoms. The van der Waals surface area contributed by atoms with Crippen LogP contribution < -0.4 is 4.72 Å². The fraction of sp³-hybridized carbons (Fsp3) is 0.762. The third kappa shape index (κ3) is 5.69. The highest BCUT2D eigenvalue weighted by Gasteiger charge is 2.60. The molecule has 0 radical (unpaired) electrons. The molecule has 1 saturated heterocycles. The van der Waals surface area contributed by atoms with Crippen LogP contribution in [0.25, 0.3) is 0 Å². The van der Waals surface area contributed by atoms with E-state index < -0.39 is 52.0 Å². The lowest BCUT2D eigenvalue weighted by molar-refractivity contribution is -0.106. The maximum atomic E-state index is 13.2. The average molecular weight is 525 g/mol. The SMILES string of the molecule is COC(=O)N1[C@H](C)C[C@H](NS(=O)(=O)CC(F)(F)F)[C@@H]1CO[C@H]1CC[C@@]2(c3ncc(F)cn3)C[C@H]2C1. The molecule has 1 aliphatic heterocycles. The fourth-order valence-electron chi connectivity index (χ4n) is 5.58. The molecule has 3 aliphatic rings. The number of aromatic nitrogens is 2. The van der Waals surface area contributed by atoms with Gasteiger partial charge in [0.1, 0.15) is 5.82 Å². The van der Waals surface area contributed by atoms with Crippen molar-refractivity contribution >= 4 is 16.1 Å². The summed E-state index contributed by atoms with van der Waals surface area (Å²) in [7, 11) is -3.49. The van der Waals surface area contributed by atoms with Crippen LogP contribution in [0, 0.1) is 11.7 Å². The standard InChI is InChI=1S/C21H28F4N4O5S/c1-12-5-16(28-35(31,32)11-21(23,24)25)17(29(12)19(30)33-2)10-34-15-3-4-20(7-13(20)6-15)18-26-8-14(22)9-27-18/h8-9,12-13,15-17,28H,3-7,10-11H2,1-2H3/t12-,13-,15+,16+,17+,20-/m1/s1. The molecular weight excluding hydrogens is 496 g/mol. The van der Waals surface area contributed by atoms with Crippen molar-refractivity contribution in [2.24, 2.45) is 5.92 Å². The Morgan fingerprint density at radius 3 is 2.57 bits per heavy atom. The number of halogens is 4. The zero-order chi connectivity index (χ0) is 25.6. The van der Waals surface area contributed by atoms with Crippen LogP contribution in [0.4, 0.5) is 22.4 Å². The van der Waals surface area contributed by atoms with Gasteiger partial charge in [0.2, 0.25) is 10.0 Å². The van der Waals surface area contributed by atoms with Gasteiger partial charge in [0.25, 0.3) is 0 Å². The number of fused-ring (bicyclic) bond motifs is 1. The first-order valence-corrected chi connectivity index (χ1v) is 13.0. The predicted octanol–water partition coefficient (Wildman–Crippen LogP) is 2.52. The minimum absolute atomic E-state index is 0.0594. The smallest absolute Gasteiger partial charge is 0.410 e. The molecular formula is C21H28F4N4O5S. The first kappa shape index (κ1) is 26.0. The van der Waals surface area contributed by atoms with E-state index in [1.54, 1.807) is 6.92 Å². The quantitative estimate of drug-likeness (QED) is 0.546. The number of hydrogen-bond donors (Lipinski definition) is 1. The second-order valence-corrected chi connectivity index (χ2v) is 11.4. The van der Waals surface area contributed by atoms with Gasteiger partial charge >= 0.3 is 12.3 Å². The van der Waals surface area contributed by atoms with Gasteiger partial charge in [0, 0.05) is 17.5 Å². The van der Waals surface area contributed by atoms with Crippen LogP contribution in [0.3, 0.4) is 0 Å². The number of nitrogens with zero attached hydrogens (tertiary/aromatic N) is 3. The van der Waals surface area contributed by atoms with E-state index in [1.165, 1.54) is 12.0 Å². The molecule has 0 aromatic carbocycles. The van der Waals surface area contributed by atoms with Crippen molar-refractivity contribution in [1.29, 1.82) is 0 Å². The second kappa shape index (κ2) is 9.43. The number of likely N-dealkylation sites (tertiary alicyclic amines) is 1. The molecule has 0 unspecified atom stereocenters. The number of carbonyl (C=O) groups excluding carboxylic acids is 1. The number of sulfonamides is 1. The Labute approximate surface area is 200 Å². The Kier molecular flexibility index (Phi) is 7.01. The number of hydrogen-bond acceptors (Lipinski definition) is 7. The van der Waals surface area contributed by atoms with E-state index in [9.17, 15) is 30.8 Å². The van der Waals surface area contributed by atoms with Crippen molar-refractivity contribution < 1.29 is 40.2 Å². The molecule has 2 aliphatic carbocycles. The summed E-state index contributed by atoms with van der Waals surface area (Å²) < 4.78 is 88.5. The maximum absolute atomic E-state index is 13.2. The lowest BCUT2D eigenvalue weighted by Crippen LogP contribution is -2.51. The Morgan fingerprint density at radius 2 is 1.97 bits per heavy atom. The monoisotopic (exact) mass is 524 g/mol. The summed E-state index contributed by atoms with van der Waals surface area (Å²) in [5, 5.41) is 0. The highest BCUT2D eigenvalue weighted by Crippen LogP contribution is 2.61. The van der Waals surface area contributed by atoms with Gasteiger partial charge in [0.05, 0.1) is 38.3 Å². The summed E-state index contributed by atoms with van der Waals surface area (Å²) in [5.41, 5.74) is -0.191. The van der Waals surface area contributed by atoms with Crippen LogP contribution in [0.1, 0.15) is 44.9 Å². The molecule has 1 amide bonds. The van der Waals surface area contributed by atoms with Crippen LogP contribution in [0.15, 0.2) is 12.4 Å². The molecule has 1 N–H and O–H groups in total. The summed E-state index contributed by atoms with van der Waals surface area (Å²) in [5.74, 6) is -1.63. The molecule has 1 aromatic heterocycles. The van der Waals surface area contributed by atoms with E-state index in [1.807, 2.05) is 0 Å². The number of ether oxygens (including phenoxy) is 2. The van der Waals surface area contributed by atoms with Gasteiger partial charge in [0.15, 0.2) is 11.6 Å². The fourth-order valence-corrected chi connectivity index (χ4v) is 6.81. The summed E-state index contributed by atoms with van der Waals surface area (Å²) in [6.45, 7) is 1.61. The van der Waals surface area contributed by atoms with E-state index in [0.717, 1.165) is 25.2 Å². The van der Waals surface area contributed by atoms with Crippen molar-refractivity contribution in [3.63, 3.8) is 0 Å². The lowest BCUT2D eigenvalue weighted by Gasteiger charge is -2.32. The molecule has 3 fully saturated rings. The van der Waals surface area contributed by atoms with Crippen LogP contribution >= 0.6 is 0 Å². The van der Waals surface area contributed by atoms with Crippen molar-refractivity contribution in [2.75, 3.05) is 19.5 Å². The molecule has 196 valence electrons. The summed E-state index contributed by atoms with van der Waals surface area (Å²) >= 11 is 0. The Morgan fingerprint density at radius 1 is 1.29 bits per heavy atom. The number of nitrogens with one attached hydrogen (secondary N) is 1. The Balaban J connectivity index is 1.40. The van der Waals surface area contributed by atoms with E-state index in [-0.39, 0.29) is 30.5 Å². The van der Waals surface area contributed by atoms with E-state index in [4.69, 9.17) is 9.47 Å². The highest BCUT2D eigenvalue weighted by molar-refractivity contribution is 7.89. The number of carbonyl (C=O) groups is 1. The van der Waals surface area contributed by atoms with Crippen molar-refractivity contribution in [3.05, 3.63) is 24.0 Å². The first-order chi connectivity index (χ1) is 16.3. The maximum Gasteiger partial charge on any atom is 0.410 e. The van der Waals surface area contributed by atoms with Crippen LogP contribution in [-0.2, 0) is 24.9 Å². The molecule has 0 spiro atoms. The minimum Gasteiger partial charge on any atom is -0.453 e. The largest absolute Gasteiger partial charge is 0.453 e.